The van der Waals surface area contributed by atoms with Crippen molar-refractivity contribution in [1.82, 2.24) is 5.32 Å². The third kappa shape index (κ3) is 1.56. The minimum atomic E-state index is -0.204. The molecule has 17 heavy (non-hydrogen) atoms. The molecule has 88 valence electrons. The molecule has 2 N–H and O–H groups in total. The van der Waals surface area contributed by atoms with Gasteiger partial charge in [-0.1, -0.05) is 11.6 Å². The molecule has 4 nitrogen and oxygen atoms in total. The molecule has 0 atom stereocenters. The summed E-state index contributed by atoms with van der Waals surface area (Å²) in [6.45, 7) is 0.643. The van der Waals surface area contributed by atoms with Crippen LogP contribution in [0.2, 0.25) is 5.02 Å². The first kappa shape index (κ1) is 10.5. The van der Waals surface area contributed by atoms with Gasteiger partial charge in [-0.2, -0.15) is 0 Å². The number of rotatable bonds is 0. The Bertz CT molecular complexity index is 618. The number of halogens is 1. The van der Waals surface area contributed by atoms with E-state index in [0.29, 0.717) is 17.9 Å². The number of nitrogens with one attached hydrogen (secondary N) is 1. The van der Waals surface area contributed by atoms with Crippen LogP contribution >= 0.6 is 11.6 Å². The lowest BCUT2D eigenvalue weighted by atomic mass is 10.1. The Morgan fingerprint density at radius 1 is 1.41 bits per heavy atom. The summed E-state index contributed by atoms with van der Waals surface area (Å²) in [6, 6.07) is 3.09. The Labute approximate surface area is 102 Å². The van der Waals surface area contributed by atoms with Crippen molar-refractivity contribution >= 4 is 28.5 Å². The van der Waals surface area contributed by atoms with Crippen LogP contribution in [0.3, 0.4) is 0 Å². The molecule has 1 aromatic heterocycles. The van der Waals surface area contributed by atoms with Gasteiger partial charge in [0.15, 0.2) is 5.76 Å². The highest BCUT2D eigenvalue weighted by molar-refractivity contribution is 6.32. The number of benzene rings is 1. The first-order chi connectivity index (χ1) is 8.16. The van der Waals surface area contributed by atoms with E-state index in [1.54, 1.807) is 6.07 Å². The predicted octanol–water partition coefficient (Wildman–Crippen LogP) is 2.47. The van der Waals surface area contributed by atoms with Crippen LogP contribution in [0.25, 0.3) is 11.0 Å². The average molecular weight is 252 g/mol. The molecule has 1 aromatic carbocycles. The maximum Gasteiger partial charge on any atom is 0.287 e. The van der Waals surface area contributed by atoms with E-state index in [-0.39, 0.29) is 16.7 Å². The normalized spacial score (nSPS) is 15.5. The van der Waals surface area contributed by atoms with Crippen LogP contribution in [-0.2, 0) is 6.42 Å². The zero-order valence-electron chi connectivity index (χ0n) is 8.92. The van der Waals surface area contributed by atoms with Gasteiger partial charge in [0.1, 0.15) is 11.3 Å². The van der Waals surface area contributed by atoms with E-state index in [0.717, 1.165) is 23.8 Å². The fraction of sp³-hybridized carbons (Fsp3) is 0.250. The van der Waals surface area contributed by atoms with Crippen LogP contribution in [-0.4, -0.2) is 17.6 Å². The summed E-state index contributed by atoms with van der Waals surface area (Å²) in [5.41, 5.74) is 1.39. The third-order valence-corrected chi connectivity index (χ3v) is 3.26. The minimum absolute atomic E-state index is 0.00687. The zero-order chi connectivity index (χ0) is 12.0. The summed E-state index contributed by atoms with van der Waals surface area (Å²) < 4.78 is 5.51. The molecule has 3 rings (SSSR count). The van der Waals surface area contributed by atoms with Crippen LogP contribution < -0.4 is 5.32 Å². The lowest BCUT2D eigenvalue weighted by molar-refractivity contribution is 0.0931. The number of phenolic OH excluding ortho intramolecular Hbond substituents is 1. The maximum atomic E-state index is 11.7. The van der Waals surface area contributed by atoms with E-state index in [1.807, 2.05) is 0 Å². The summed E-state index contributed by atoms with van der Waals surface area (Å²) in [5, 5.41) is 13.3. The Hall–Kier alpha value is -1.68. The van der Waals surface area contributed by atoms with E-state index >= 15 is 0 Å². The minimum Gasteiger partial charge on any atom is -0.506 e. The molecule has 1 aliphatic rings. The standard InChI is InChI=1S/C12H10ClNO3/c13-8-5-10-7(4-9(8)15)6-2-1-3-14-12(16)11(6)17-10/h4-5,15H,1-3H2,(H,14,16). The monoisotopic (exact) mass is 251 g/mol. The van der Waals surface area contributed by atoms with Crippen LogP contribution in [0.15, 0.2) is 16.5 Å². The second-order valence-electron chi connectivity index (χ2n) is 4.07. The molecule has 2 heterocycles. The third-order valence-electron chi connectivity index (χ3n) is 2.96. The Balaban J connectivity index is 2.31. The number of furan rings is 1. The number of carbonyl (C=O) groups excluding carboxylic acids is 1. The molecular formula is C12H10ClNO3. The van der Waals surface area contributed by atoms with Crippen LogP contribution in [0, 0.1) is 0 Å². The van der Waals surface area contributed by atoms with Crippen molar-refractivity contribution in [2.24, 2.45) is 0 Å². The first-order valence-corrected chi connectivity index (χ1v) is 5.76. The van der Waals surface area contributed by atoms with Crippen molar-refractivity contribution in [2.45, 2.75) is 12.8 Å². The quantitative estimate of drug-likeness (QED) is 0.756. The molecule has 0 unspecified atom stereocenters. The molecular weight excluding hydrogens is 242 g/mol. The van der Waals surface area contributed by atoms with Gasteiger partial charge in [-0.3, -0.25) is 4.79 Å². The van der Waals surface area contributed by atoms with Crippen molar-refractivity contribution in [3.63, 3.8) is 0 Å². The highest BCUT2D eigenvalue weighted by Crippen LogP contribution is 2.35. The highest BCUT2D eigenvalue weighted by Gasteiger charge is 2.23. The van der Waals surface area contributed by atoms with Crippen molar-refractivity contribution in [3.05, 3.63) is 28.5 Å². The largest absolute Gasteiger partial charge is 0.506 e. The summed E-state index contributed by atoms with van der Waals surface area (Å²) in [4.78, 5) is 11.7. The van der Waals surface area contributed by atoms with Gasteiger partial charge in [-0.15, -0.1) is 0 Å². The van der Waals surface area contributed by atoms with Crippen LogP contribution in [0.1, 0.15) is 22.5 Å². The second-order valence-corrected chi connectivity index (χ2v) is 4.48. The van der Waals surface area contributed by atoms with Gasteiger partial charge < -0.3 is 14.8 Å². The molecule has 2 aromatic rings. The van der Waals surface area contributed by atoms with Gasteiger partial charge in [0.05, 0.1) is 5.02 Å². The van der Waals surface area contributed by atoms with Gasteiger partial charge in [-0.25, -0.2) is 0 Å². The predicted molar refractivity (Wildman–Crippen MR) is 63.5 cm³/mol. The van der Waals surface area contributed by atoms with Crippen molar-refractivity contribution < 1.29 is 14.3 Å². The summed E-state index contributed by atoms with van der Waals surface area (Å²) >= 11 is 5.81. The van der Waals surface area contributed by atoms with Crippen molar-refractivity contribution in [1.29, 1.82) is 0 Å². The Morgan fingerprint density at radius 2 is 2.24 bits per heavy atom. The molecule has 0 saturated heterocycles. The molecule has 0 bridgehead atoms. The van der Waals surface area contributed by atoms with Gasteiger partial charge in [-0.05, 0) is 18.9 Å². The number of hydrogen-bond donors (Lipinski definition) is 2. The fourth-order valence-electron chi connectivity index (χ4n) is 2.14. The molecule has 1 aliphatic heterocycles. The second kappa shape index (κ2) is 3.67. The maximum absolute atomic E-state index is 11.7. The number of carbonyl (C=O) groups is 1. The van der Waals surface area contributed by atoms with Crippen molar-refractivity contribution in [2.75, 3.05) is 6.54 Å². The fourth-order valence-corrected chi connectivity index (χ4v) is 2.29. The zero-order valence-corrected chi connectivity index (χ0v) is 9.67. The molecule has 0 aliphatic carbocycles. The van der Waals surface area contributed by atoms with Gasteiger partial charge in [0.25, 0.3) is 5.91 Å². The average Bonchev–Trinajstić information content (AvgIpc) is 2.53. The summed E-state index contributed by atoms with van der Waals surface area (Å²) in [5.74, 6) is 0.135. The molecule has 0 saturated carbocycles. The van der Waals surface area contributed by atoms with E-state index < -0.39 is 0 Å². The van der Waals surface area contributed by atoms with E-state index in [4.69, 9.17) is 16.0 Å². The smallest absolute Gasteiger partial charge is 0.287 e. The van der Waals surface area contributed by atoms with Crippen LogP contribution in [0.4, 0.5) is 0 Å². The molecule has 5 heteroatoms. The number of fused-ring (bicyclic) bond motifs is 3. The number of aryl methyl sites for hydroxylation is 1. The first-order valence-electron chi connectivity index (χ1n) is 5.39. The van der Waals surface area contributed by atoms with E-state index in [9.17, 15) is 9.90 Å². The molecule has 0 radical (unpaired) electrons. The number of phenols is 1. The Kier molecular flexibility index (Phi) is 2.26. The molecule has 1 amide bonds. The number of hydrogen-bond acceptors (Lipinski definition) is 3. The van der Waals surface area contributed by atoms with Crippen LogP contribution in [0.5, 0.6) is 5.75 Å². The molecule has 0 fully saturated rings. The number of amides is 1. The van der Waals surface area contributed by atoms with Gasteiger partial charge in [0, 0.05) is 23.6 Å². The highest BCUT2D eigenvalue weighted by atomic mass is 35.5. The van der Waals surface area contributed by atoms with Gasteiger partial charge >= 0.3 is 0 Å². The van der Waals surface area contributed by atoms with Crippen molar-refractivity contribution in [3.8, 4) is 5.75 Å². The lowest BCUT2D eigenvalue weighted by Gasteiger charge is -1.98. The summed E-state index contributed by atoms with van der Waals surface area (Å²) in [7, 11) is 0. The van der Waals surface area contributed by atoms with E-state index in [1.165, 1.54) is 6.07 Å². The van der Waals surface area contributed by atoms with Gasteiger partial charge in [0.2, 0.25) is 0 Å². The Morgan fingerprint density at radius 3 is 3.06 bits per heavy atom. The number of aromatic hydroxyl groups is 1. The molecule has 0 spiro atoms. The topological polar surface area (TPSA) is 62.5 Å². The lowest BCUT2D eigenvalue weighted by Crippen LogP contribution is -2.22. The summed E-state index contributed by atoms with van der Waals surface area (Å²) in [6.07, 6.45) is 1.61. The van der Waals surface area contributed by atoms with E-state index in [2.05, 4.69) is 5.32 Å². The SMILES string of the molecule is O=C1NCCCc2c1oc1cc(Cl)c(O)cc21.